The molecular weight excluding hydrogens is 846 g/mol. The number of benzene rings is 8. The quantitative estimate of drug-likeness (QED) is 0.159. The fraction of sp³-hybridized carbons (Fsp3) is 0.273. The van der Waals surface area contributed by atoms with Gasteiger partial charge in [-0.1, -0.05) is 188 Å². The molecule has 8 aromatic rings. The van der Waals surface area contributed by atoms with Crippen LogP contribution in [-0.2, 0) is 16.2 Å². The number of rotatable bonds is 5. The topological polar surface area (TPSA) is 9.72 Å². The van der Waals surface area contributed by atoms with E-state index in [0.29, 0.717) is 0 Å². The minimum absolute atomic E-state index is 0.00720. The van der Waals surface area contributed by atoms with E-state index >= 15 is 0 Å². The predicted octanol–water partition coefficient (Wildman–Crippen LogP) is 16.1. The minimum Gasteiger partial charge on any atom is -0.334 e. The molecule has 0 bridgehead atoms. The molecule has 3 nitrogen and oxygen atoms in total. The second kappa shape index (κ2) is 15.9. The molecule has 1 saturated carbocycles. The molecule has 4 heteroatoms. The van der Waals surface area contributed by atoms with E-state index in [2.05, 4.69) is 254 Å². The summed E-state index contributed by atoms with van der Waals surface area (Å²) >= 11 is 0. The molecule has 0 radical (unpaired) electrons. The molecule has 0 N–H and O–H groups in total. The van der Waals surface area contributed by atoms with Crippen molar-refractivity contribution in [2.24, 2.45) is 0 Å². The van der Waals surface area contributed by atoms with Crippen molar-refractivity contribution in [3.05, 3.63) is 198 Å². The molecule has 4 aliphatic rings. The number of hydrogen-bond acceptors (Lipinski definition) is 3. The molecule has 8 aromatic carbocycles. The maximum atomic E-state index is 2.83. The molecule has 2 unspecified atom stereocenters. The van der Waals surface area contributed by atoms with Crippen LogP contribution in [0.3, 0.4) is 0 Å². The zero-order chi connectivity index (χ0) is 48.5. The highest BCUT2D eigenvalue weighted by Gasteiger charge is 2.58. The molecule has 2 atom stereocenters. The van der Waals surface area contributed by atoms with Crippen LogP contribution >= 0.6 is 0 Å². The maximum Gasteiger partial charge on any atom is 0.252 e. The Bertz CT molecular complexity index is 3200. The van der Waals surface area contributed by atoms with Crippen LogP contribution in [-0.4, -0.2) is 12.3 Å². The second-order valence-electron chi connectivity index (χ2n) is 23.4. The SMILES string of the molecule is Cc1cc(C)c2c(c1)C1(C)CCCCC1(C)N2c1cc2c3c(c1)N(c1ccc(C(C)(C)C)cc1-c1ccccc1)c1ccccc1B3c1ccccc1N2c1ccc(C(C)(C)C)cc1-c1ccccc1. The lowest BCUT2D eigenvalue weighted by atomic mass is 9.33. The number of hydrogen-bond donors (Lipinski definition) is 0. The molecule has 0 amide bonds. The summed E-state index contributed by atoms with van der Waals surface area (Å²) in [6.07, 6.45) is 4.77. The fourth-order valence-electron chi connectivity index (χ4n) is 13.2. The van der Waals surface area contributed by atoms with Crippen LogP contribution in [0, 0.1) is 13.8 Å². The molecule has 0 aromatic heterocycles. The average molecular weight is 912 g/mol. The highest BCUT2D eigenvalue weighted by atomic mass is 15.3. The smallest absolute Gasteiger partial charge is 0.252 e. The van der Waals surface area contributed by atoms with Gasteiger partial charge in [0, 0.05) is 50.7 Å². The van der Waals surface area contributed by atoms with E-state index in [0.717, 1.165) is 6.42 Å². The van der Waals surface area contributed by atoms with Gasteiger partial charge in [0.05, 0.1) is 16.9 Å². The van der Waals surface area contributed by atoms with Gasteiger partial charge in [0.2, 0.25) is 0 Å². The van der Waals surface area contributed by atoms with Crippen molar-refractivity contribution >= 4 is 68.6 Å². The van der Waals surface area contributed by atoms with Gasteiger partial charge >= 0.3 is 0 Å². The zero-order valence-corrected chi connectivity index (χ0v) is 42.9. The first-order valence-corrected chi connectivity index (χ1v) is 25.8. The van der Waals surface area contributed by atoms with Crippen molar-refractivity contribution in [1.29, 1.82) is 0 Å². The Balaban J connectivity index is 1.23. The van der Waals surface area contributed by atoms with Gasteiger partial charge in [0.15, 0.2) is 0 Å². The summed E-state index contributed by atoms with van der Waals surface area (Å²) < 4.78 is 0. The monoisotopic (exact) mass is 912 g/mol. The van der Waals surface area contributed by atoms with E-state index < -0.39 is 0 Å². The first kappa shape index (κ1) is 44.4. The van der Waals surface area contributed by atoms with Gasteiger partial charge in [-0.2, -0.15) is 0 Å². The fourth-order valence-corrected chi connectivity index (χ4v) is 13.2. The van der Waals surface area contributed by atoms with Gasteiger partial charge < -0.3 is 14.7 Å². The summed E-state index contributed by atoms with van der Waals surface area (Å²) in [6, 6.07) is 65.4. The molecular formula is C66H66BN3. The van der Waals surface area contributed by atoms with E-state index in [4.69, 9.17) is 0 Å². The Morgan fingerprint density at radius 3 is 1.44 bits per heavy atom. The highest BCUT2D eigenvalue weighted by molar-refractivity contribution is 7.00. The lowest BCUT2D eigenvalue weighted by Crippen LogP contribution is -2.61. The zero-order valence-electron chi connectivity index (χ0n) is 42.9. The third-order valence-electron chi connectivity index (χ3n) is 17.0. The summed E-state index contributed by atoms with van der Waals surface area (Å²) in [6.45, 7) is 23.8. The third-order valence-corrected chi connectivity index (χ3v) is 17.0. The van der Waals surface area contributed by atoms with Crippen LogP contribution < -0.4 is 31.1 Å². The second-order valence-corrected chi connectivity index (χ2v) is 23.4. The van der Waals surface area contributed by atoms with Gasteiger partial charge in [-0.05, 0) is 143 Å². The maximum absolute atomic E-state index is 2.83. The van der Waals surface area contributed by atoms with E-state index in [1.165, 1.54) is 131 Å². The summed E-state index contributed by atoms with van der Waals surface area (Å²) in [5.74, 6) is 0. The highest BCUT2D eigenvalue weighted by Crippen LogP contribution is 2.63. The van der Waals surface area contributed by atoms with E-state index in [9.17, 15) is 0 Å². The molecule has 12 rings (SSSR count). The Kier molecular flexibility index (Phi) is 10.1. The lowest BCUT2D eigenvalue weighted by molar-refractivity contribution is 0.195. The first-order valence-electron chi connectivity index (χ1n) is 25.8. The van der Waals surface area contributed by atoms with Gasteiger partial charge in [-0.25, -0.2) is 0 Å². The number of fused-ring (bicyclic) bond motifs is 7. The molecule has 0 spiro atoms. The van der Waals surface area contributed by atoms with E-state index in [-0.39, 0.29) is 28.5 Å². The van der Waals surface area contributed by atoms with Gasteiger partial charge in [0.1, 0.15) is 0 Å². The molecule has 70 heavy (non-hydrogen) atoms. The Morgan fingerprint density at radius 2 is 0.943 bits per heavy atom. The van der Waals surface area contributed by atoms with Crippen LogP contribution in [0.25, 0.3) is 22.3 Å². The average Bonchev–Trinajstić information content (AvgIpc) is 3.56. The summed E-state index contributed by atoms with van der Waals surface area (Å²) in [5.41, 5.74) is 25.5. The predicted molar refractivity (Wildman–Crippen MR) is 301 cm³/mol. The van der Waals surface area contributed by atoms with Gasteiger partial charge in [0.25, 0.3) is 6.71 Å². The van der Waals surface area contributed by atoms with Crippen LogP contribution in [0.4, 0.5) is 45.5 Å². The van der Waals surface area contributed by atoms with E-state index in [1.54, 1.807) is 0 Å². The van der Waals surface area contributed by atoms with E-state index in [1.807, 2.05) is 0 Å². The van der Waals surface area contributed by atoms with Gasteiger partial charge in [-0.3, -0.25) is 0 Å². The van der Waals surface area contributed by atoms with Crippen molar-refractivity contribution in [2.75, 3.05) is 14.7 Å². The molecule has 3 heterocycles. The van der Waals surface area contributed by atoms with Crippen molar-refractivity contribution in [3.63, 3.8) is 0 Å². The molecule has 348 valence electrons. The van der Waals surface area contributed by atoms with Crippen molar-refractivity contribution < 1.29 is 0 Å². The molecule has 1 fully saturated rings. The normalized spacial score (nSPS) is 19.1. The Labute approximate surface area is 417 Å². The van der Waals surface area contributed by atoms with Crippen molar-refractivity contribution in [3.8, 4) is 22.3 Å². The number of para-hydroxylation sites is 2. The first-order chi connectivity index (χ1) is 33.6. The Morgan fingerprint density at radius 1 is 0.471 bits per heavy atom. The summed E-state index contributed by atoms with van der Waals surface area (Å²) in [5, 5.41) is 0. The number of anilines is 8. The lowest BCUT2D eigenvalue weighted by Gasteiger charge is -2.51. The standard InChI is InChI=1S/C66H66BN3/c1-43-37-44(2)62-52(38-43)65(9)35-21-22-36-66(65,10)70(62)49-41-59-61-60(42-49)69(56-34-32-48(64(6,7)8)40-51(56)46-25-15-12-16-26-46)58-30-20-18-28-54(58)67(61)53-27-17-19-29-57(53)68(59)55-33-31-47(63(3,4)5)39-50(55)45-23-13-11-14-24-45/h11-20,23-34,37-42H,21-22,35-36H2,1-10H3. The third kappa shape index (κ3) is 6.61. The van der Waals surface area contributed by atoms with Crippen molar-refractivity contribution in [2.45, 2.75) is 117 Å². The molecule has 3 aliphatic heterocycles. The number of nitrogens with zero attached hydrogens (tertiary/aromatic N) is 3. The Hall–Kier alpha value is -6.78. The van der Waals surface area contributed by atoms with Crippen LogP contribution in [0.15, 0.2) is 170 Å². The largest absolute Gasteiger partial charge is 0.334 e. The van der Waals surface area contributed by atoms with Crippen molar-refractivity contribution in [1.82, 2.24) is 0 Å². The summed E-state index contributed by atoms with van der Waals surface area (Å²) in [4.78, 5) is 8.13. The minimum atomic E-state index is -0.144. The van der Waals surface area contributed by atoms with Crippen LogP contribution in [0.1, 0.15) is 109 Å². The molecule has 1 aliphatic carbocycles. The molecule has 0 saturated heterocycles. The van der Waals surface area contributed by atoms with Crippen LogP contribution in [0.5, 0.6) is 0 Å². The number of aryl methyl sites for hydroxylation is 2. The summed E-state index contributed by atoms with van der Waals surface area (Å²) in [7, 11) is 0. The van der Waals surface area contributed by atoms with Gasteiger partial charge in [-0.15, -0.1) is 0 Å². The van der Waals surface area contributed by atoms with Crippen LogP contribution in [0.2, 0.25) is 0 Å².